The lowest BCUT2D eigenvalue weighted by Crippen LogP contribution is -2.44. The Balaban J connectivity index is 1.87. The maximum absolute atomic E-state index is 11.2. The summed E-state index contributed by atoms with van der Waals surface area (Å²) in [5.41, 5.74) is 0. The molecule has 1 heterocycles. The molecule has 1 saturated heterocycles. The van der Waals surface area contributed by atoms with Gasteiger partial charge in [0.05, 0.1) is 19.8 Å². The predicted octanol–water partition coefficient (Wildman–Crippen LogP) is -1.28. The van der Waals surface area contributed by atoms with Crippen LogP contribution in [0.3, 0.4) is 0 Å². The van der Waals surface area contributed by atoms with Crippen LogP contribution in [0, 0.1) is 5.92 Å². The number of carbonyl (C=O) groups excluding carboxylic acids is 1. The molecule has 14 heavy (non-hydrogen) atoms. The Morgan fingerprint density at radius 3 is 2.86 bits per heavy atom. The van der Waals surface area contributed by atoms with Crippen molar-refractivity contribution in [2.45, 2.75) is 6.42 Å². The second kappa shape index (κ2) is 6.75. The number of rotatable bonds is 7. The van der Waals surface area contributed by atoms with Crippen molar-refractivity contribution in [1.29, 1.82) is 0 Å². The zero-order valence-electron chi connectivity index (χ0n) is 8.29. The minimum absolute atomic E-state index is 0.0295. The SMILES string of the molecule is O=C(CC1CNC1)NCCOCCO. The van der Waals surface area contributed by atoms with Crippen LogP contribution in [-0.2, 0) is 9.53 Å². The van der Waals surface area contributed by atoms with Gasteiger partial charge in [-0.3, -0.25) is 4.79 Å². The van der Waals surface area contributed by atoms with E-state index in [1.54, 1.807) is 0 Å². The summed E-state index contributed by atoms with van der Waals surface area (Å²) in [6.07, 6.45) is 0.604. The number of ether oxygens (including phenoxy) is 1. The zero-order chi connectivity index (χ0) is 10.2. The van der Waals surface area contributed by atoms with Crippen molar-refractivity contribution < 1.29 is 14.6 Å². The summed E-state index contributed by atoms with van der Waals surface area (Å²) < 4.78 is 5.00. The van der Waals surface area contributed by atoms with Gasteiger partial charge in [0, 0.05) is 13.0 Å². The molecule has 0 atom stereocenters. The van der Waals surface area contributed by atoms with Crippen molar-refractivity contribution in [3.63, 3.8) is 0 Å². The third kappa shape index (κ3) is 4.55. The van der Waals surface area contributed by atoms with Crippen molar-refractivity contribution in [1.82, 2.24) is 10.6 Å². The number of aliphatic hydroxyl groups excluding tert-OH is 1. The van der Waals surface area contributed by atoms with Crippen molar-refractivity contribution in [3.05, 3.63) is 0 Å². The van der Waals surface area contributed by atoms with E-state index in [1.165, 1.54) is 0 Å². The Labute approximate surface area is 83.8 Å². The highest BCUT2D eigenvalue weighted by Gasteiger charge is 2.19. The summed E-state index contributed by atoms with van der Waals surface area (Å²) in [5, 5.41) is 14.3. The molecule has 0 spiro atoms. The van der Waals surface area contributed by atoms with E-state index in [0.717, 1.165) is 13.1 Å². The van der Waals surface area contributed by atoms with Gasteiger partial charge < -0.3 is 20.5 Å². The van der Waals surface area contributed by atoms with E-state index in [-0.39, 0.29) is 12.5 Å². The van der Waals surface area contributed by atoms with Crippen molar-refractivity contribution in [2.24, 2.45) is 5.92 Å². The number of amides is 1. The van der Waals surface area contributed by atoms with Gasteiger partial charge in [-0.2, -0.15) is 0 Å². The van der Waals surface area contributed by atoms with Gasteiger partial charge in [-0.05, 0) is 19.0 Å². The first-order valence-electron chi connectivity index (χ1n) is 4.99. The van der Waals surface area contributed by atoms with E-state index < -0.39 is 0 Å². The lowest BCUT2D eigenvalue weighted by atomic mass is 9.99. The fourth-order valence-corrected chi connectivity index (χ4v) is 1.26. The molecule has 1 aliphatic heterocycles. The summed E-state index contributed by atoms with van der Waals surface area (Å²) in [7, 11) is 0. The normalized spacial score (nSPS) is 16.4. The lowest BCUT2D eigenvalue weighted by molar-refractivity contribution is -0.122. The van der Waals surface area contributed by atoms with Crippen molar-refractivity contribution >= 4 is 5.91 Å². The first-order chi connectivity index (χ1) is 6.83. The smallest absolute Gasteiger partial charge is 0.220 e. The average Bonchev–Trinajstić information content (AvgIpc) is 2.11. The molecule has 0 unspecified atom stereocenters. The number of hydrogen-bond acceptors (Lipinski definition) is 4. The quantitative estimate of drug-likeness (QED) is 0.450. The molecule has 1 fully saturated rings. The molecule has 82 valence electrons. The molecule has 3 N–H and O–H groups in total. The molecule has 1 amide bonds. The molecular weight excluding hydrogens is 184 g/mol. The minimum atomic E-state index is 0.0295. The first kappa shape index (κ1) is 11.4. The van der Waals surface area contributed by atoms with Crippen LogP contribution in [-0.4, -0.2) is 50.5 Å². The van der Waals surface area contributed by atoms with Crippen molar-refractivity contribution in [3.8, 4) is 0 Å². The Morgan fingerprint density at radius 2 is 2.29 bits per heavy atom. The van der Waals surface area contributed by atoms with Crippen LogP contribution in [0.25, 0.3) is 0 Å². The highest BCUT2D eigenvalue weighted by atomic mass is 16.5. The molecule has 0 bridgehead atoms. The van der Waals surface area contributed by atoms with Gasteiger partial charge >= 0.3 is 0 Å². The molecule has 0 aromatic rings. The first-order valence-corrected chi connectivity index (χ1v) is 4.99. The summed E-state index contributed by atoms with van der Waals surface area (Å²) >= 11 is 0. The standard InChI is InChI=1S/C9H18N2O3/c12-2-4-14-3-1-11-9(13)5-8-6-10-7-8/h8,10,12H,1-7H2,(H,11,13). The predicted molar refractivity (Wildman–Crippen MR) is 51.9 cm³/mol. The lowest BCUT2D eigenvalue weighted by Gasteiger charge is -2.26. The molecule has 0 aromatic heterocycles. The zero-order valence-corrected chi connectivity index (χ0v) is 8.29. The van der Waals surface area contributed by atoms with Gasteiger partial charge in [-0.15, -0.1) is 0 Å². The fraction of sp³-hybridized carbons (Fsp3) is 0.889. The topological polar surface area (TPSA) is 70.6 Å². The Morgan fingerprint density at radius 1 is 1.50 bits per heavy atom. The van der Waals surface area contributed by atoms with Crippen LogP contribution < -0.4 is 10.6 Å². The van der Waals surface area contributed by atoms with Crippen molar-refractivity contribution in [2.75, 3.05) is 39.5 Å². The fourth-order valence-electron chi connectivity index (χ4n) is 1.26. The van der Waals surface area contributed by atoms with Gasteiger partial charge in [0.2, 0.25) is 5.91 Å². The summed E-state index contributed by atoms with van der Waals surface area (Å²) in [4.78, 5) is 11.2. The van der Waals surface area contributed by atoms with Crippen LogP contribution in [0.2, 0.25) is 0 Å². The molecule has 0 aliphatic carbocycles. The van der Waals surface area contributed by atoms with E-state index in [4.69, 9.17) is 9.84 Å². The van der Waals surface area contributed by atoms with Gasteiger partial charge in [0.1, 0.15) is 0 Å². The van der Waals surface area contributed by atoms with Crippen LogP contribution >= 0.6 is 0 Å². The van der Waals surface area contributed by atoms with Crippen LogP contribution in [0.15, 0.2) is 0 Å². The maximum atomic E-state index is 11.2. The number of aliphatic hydroxyl groups is 1. The van der Waals surface area contributed by atoms with Gasteiger partial charge in [0.15, 0.2) is 0 Å². The minimum Gasteiger partial charge on any atom is -0.394 e. The second-order valence-corrected chi connectivity index (χ2v) is 3.41. The highest BCUT2D eigenvalue weighted by Crippen LogP contribution is 2.06. The molecular formula is C9H18N2O3. The molecule has 1 aliphatic rings. The molecule has 1 rings (SSSR count). The van der Waals surface area contributed by atoms with Crippen LogP contribution in [0.1, 0.15) is 6.42 Å². The van der Waals surface area contributed by atoms with Crippen LogP contribution in [0.5, 0.6) is 0 Å². The Bertz CT molecular complexity index is 171. The van der Waals surface area contributed by atoms with Crippen LogP contribution in [0.4, 0.5) is 0 Å². The summed E-state index contributed by atoms with van der Waals surface area (Å²) in [6, 6.07) is 0. The maximum Gasteiger partial charge on any atom is 0.220 e. The Hall–Kier alpha value is -0.650. The monoisotopic (exact) mass is 202 g/mol. The summed E-state index contributed by atoms with van der Waals surface area (Å²) in [6.45, 7) is 3.27. The number of hydrogen-bond donors (Lipinski definition) is 3. The largest absolute Gasteiger partial charge is 0.394 e. The Kier molecular flexibility index (Phi) is 5.51. The molecule has 0 aromatic carbocycles. The molecule has 0 saturated carbocycles. The molecule has 5 nitrogen and oxygen atoms in total. The van der Waals surface area contributed by atoms with E-state index in [1.807, 2.05) is 0 Å². The third-order valence-corrected chi connectivity index (χ3v) is 2.14. The van der Waals surface area contributed by atoms with Gasteiger partial charge in [-0.1, -0.05) is 0 Å². The third-order valence-electron chi connectivity index (χ3n) is 2.14. The summed E-state index contributed by atoms with van der Waals surface area (Å²) in [5.74, 6) is 0.595. The van der Waals surface area contributed by atoms with E-state index in [9.17, 15) is 4.79 Å². The number of carbonyl (C=O) groups is 1. The van der Waals surface area contributed by atoms with E-state index in [2.05, 4.69) is 10.6 Å². The number of nitrogens with one attached hydrogen (secondary N) is 2. The molecule has 5 heteroatoms. The molecule has 0 radical (unpaired) electrons. The van der Waals surface area contributed by atoms with E-state index in [0.29, 0.717) is 32.1 Å². The average molecular weight is 202 g/mol. The van der Waals surface area contributed by atoms with Gasteiger partial charge in [-0.25, -0.2) is 0 Å². The van der Waals surface area contributed by atoms with E-state index >= 15 is 0 Å². The highest BCUT2D eigenvalue weighted by molar-refractivity contribution is 5.76. The second-order valence-electron chi connectivity index (χ2n) is 3.41. The van der Waals surface area contributed by atoms with Gasteiger partial charge in [0.25, 0.3) is 0 Å².